The maximum Gasteiger partial charge on any atom is 0.308 e. The van der Waals surface area contributed by atoms with Gasteiger partial charge in [-0.05, 0) is 60.4 Å². The van der Waals surface area contributed by atoms with E-state index in [-0.39, 0.29) is 18.7 Å². The fraction of sp³-hybridized carbons (Fsp3) is 0.208. The van der Waals surface area contributed by atoms with Gasteiger partial charge in [-0.2, -0.15) is 0 Å². The average molecular weight is 411 g/mol. The summed E-state index contributed by atoms with van der Waals surface area (Å²) >= 11 is 0. The zero-order valence-electron chi connectivity index (χ0n) is 16.2. The van der Waals surface area contributed by atoms with Crippen molar-refractivity contribution in [1.29, 1.82) is 0 Å². The first-order valence-electron chi connectivity index (χ1n) is 9.67. The quantitative estimate of drug-likeness (QED) is 0.445. The first-order chi connectivity index (χ1) is 14.4. The lowest BCUT2D eigenvalue weighted by atomic mass is 9.87. The molecule has 3 aromatic rings. The van der Waals surface area contributed by atoms with E-state index in [0.717, 1.165) is 5.56 Å². The van der Waals surface area contributed by atoms with Crippen molar-refractivity contribution in [3.8, 4) is 0 Å². The van der Waals surface area contributed by atoms with Gasteiger partial charge in [-0.3, -0.25) is 4.79 Å². The SMILES string of the molecule is O=C(O)[C@H](CC[C@H](O)c1ccc(F)cc1)[C@H](Nc1ccc(F)cc1)c1ccccc1. The topological polar surface area (TPSA) is 69.6 Å². The number of carboxylic acid groups (broad SMARTS) is 1. The summed E-state index contributed by atoms with van der Waals surface area (Å²) in [6, 6.07) is 19.8. The minimum atomic E-state index is -1.01. The maximum absolute atomic E-state index is 13.3. The number of hydrogen-bond acceptors (Lipinski definition) is 3. The Morgan fingerprint density at radius 1 is 0.800 bits per heavy atom. The second-order valence-corrected chi connectivity index (χ2v) is 7.13. The van der Waals surface area contributed by atoms with Crippen LogP contribution in [0, 0.1) is 17.6 Å². The number of carboxylic acids is 1. The lowest BCUT2D eigenvalue weighted by Crippen LogP contribution is -2.28. The Balaban J connectivity index is 1.81. The van der Waals surface area contributed by atoms with Gasteiger partial charge in [0.1, 0.15) is 11.6 Å². The van der Waals surface area contributed by atoms with Gasteiger partial charge < -0.3 is 15.5 Å². The second kappa shape index (κ2) is 9.98. The van der Waals surface area contributed by atoms with E-state index >= 15 is 0 Å². The predicted octanol–water partition coefficient (Wildman–Crippen LogP) is 5.33. The summed E-state index contributed by atoms with van der Waals surface area (Å²) in [6.07, 6.45) is -0.534. The number of aliphatic hydroxyl groups is 1. The number of rotatable bonds is 9. The minimum Gasteiger partial charge on any atom is -0.481 e. The van der Waals surface area contributed by atoms with E-state index in [2.05, 4.69) is 5.32 Å². The van der Waals surface area contributed by atoms with Crippen molar-refractivity contribution >= 4 is 11.7 Å². The van der Waals surface area contributed by atoms with Crippen LogP contribution in [-0.4, -0.2) is 16.2 Å². The molecular weight excluding hydrogens is 388 g/mol. The summed E-state index contributed by atoms with van der Waals surface area (Å²) < 4.78 is 26.4. The van der Waals surface area contributed by atoms with E-state index in [1.807, 2.05) is 30.3 Å². The highest BCUT2D eigenvalue weighted by atomic mass is 19.1. The van der Waals surface area contributed by atoms with E-state index in [9.17, 15) is 23.8 Å². The van der Waals surface area contributed by atoms with Gasteiger partial charge in [-0.1, -0.05) is 42.5 Å². The number of carbonyl (C=O) groups is 1. The highest BCUT2D eigenvalue weighted by Gasteiger charge is 2.30. The molecule has 0 aliphatic carbocycles. The molecule has 30 heavy (non-hydrogen) atoms. The zero-order chi connectivity index (χ0) is 21.5. The Kier molecular flexibility index (Phi) is 7.14. The Bertz CT molecular complexity index is 946. The Hall–Kier alpha value is -3.25. The molecule has 0 aromatic heterocycles. The molecule has 0 spiro atoms. The van der Waals surface area contributed by atoms with E-state index in [1.54, 1.807) is 12.1 Å². The molecule has 3 atom stereocenters. The molecule has 0 saturated heterocycles. The summed E-state index contributed by atoms with van der Waals surface area (Å²) in [4.78, 5) is 12.1. The molecule has 3 N–H and O–H groups in total. The van der Waals surface area contributed by atoms with E-state index < -0.39 is 29.9 Å². The maximum atomic E-state index is 13.3. The molecule has 0 fully saturated rings. The zero-order valence-corrected chi connectivity index (χ0v) is 16.2. The fourth-order valence-corrected chi connectivity index (χ4v) is 3.42. The van der Waals surface area contributed by atoms with Crippen LogP contribution in [0.25, 0.3) is 0 Å². The van der Waals surface area contributed by atoms with Gasteiger partial charge >= 0.3 is 5.97 Å². The van der Waals surface area contributed by atoms with Crippen molar-refractivity contribution in [2.75, 3.05) is 5.32 Å². The van der Waals surface area contributed by atoms with Gasteiger partial charge in [0.25, 0.3) is 0 Å². The highest BCUT2D eigenvalue weighted by Crippen LogP contribution is 2.32. The van der Waals surface area contributed by atoms with Crippen LogP contribution in [0.3, 0.4) is 0 Å². The van der Waals surface area contributed by atoms with Crippen LogP contribution in [0.1, 0.15) is 36.1 Å². The van der Waals surface area contributed by atoms with Crippen molar-refractivity contribution in [2.24, 2.45) is 5.92 Å². The standard InChI is InChI=1S/C24H23F2NO3/c25-18-8-6-16(7-9-18)22(28)15-14-21(24(29)30)23(17-4-2-1-3-5-17)27-20-12-10-19(26)11-13-20/h1-13,21-23,27-28H,14-15H2,(H,29,30)/t21-,22+,23-/m1/s1. The smallest absolute Gasteiger partial charge is 0.308 e. The molecule has 156 valence electrons. The number of hydrogen-bond donors (Lipinski definition) is 3. The van der Waals surface area contributed by atoms with Crippen LogP contribution >= 0.6 is 0 Å². The molecule has 4 nitrogen and oxygen atoms in total. The molecule has 0 saturated carbocycles. The molecule has 0 radical (unpaired) electrons. The molecule has 0 amide bonds. The number of aliphatic hydroxyl groups excluding tert-OH is 1. The van der Waals surface area contributed by atoms with Crippen LogP contribution in [0.5, 0.6) is 0 Å². The average Bonchev–Trinajstić information content (AvgIpc) is 2.75. The first-order valence-corrected chi connectivity index (χ1v) is 9.67. The lowest BCUT2D eigenvalue weighted by Gasteiger charge is -2.27. The molecule has 0 heterocycles. The fourth-order valence-electron chi connectivity index (χ4n) is 3.42. The van der Waals surface area contributed by atoms with Gasteiger partial charge in [-0.15, -0.1) is 0 Å². The molecule has 0 unspecified atom stereocenters. The summed E-state index contributed by atoms with van der Waals surface area (Å²) in [5.74, 6) is -2.65. The second-order valence-electron chi connectivity index (χ2n) is 7.13. The number of anilines is 1. The van der Waals surface area contributed by atoms with Crippen molar-refractivity contribution in [1.82, 2.24) is 0 Å². The van der Waals surface area contributed by atoms with Crippen LogP contribution < -0.4 is 5.32 Å². The largest absolute Gasteiger partial charge is 0.481 e. The molecule has 3 aromatic carbocycles. The van der Waals surface area contributed by atoms with Crippen LogP contribution in [0.15, 0.2) is 78.9 Å². The van der Waals surface area contributed by atoms with Gasteiger partial charge in [0.2, 0.25) is 0 Å². The summed E-state index contributed by atoms with van der Waals surface area (Å²) in [5.41, 5.74) is 1.89. The van der Waals surface area contributed by atoms with Gasteiger partial charge in [0.05, 0.1) is 18.1 Å². The molecular formula is C24H23F2NO3. The monoisotopic (exact) mass is 411 g/mol. The molecule has 0 aliphatic rings. The Morgan fingerprint density at radius 3 is 1.93 bits per heavy atom. The minimum absolute atomic E-state index is 0.182. The number of aliphatic carboxylic acids is 1. The lowest BCUT2D eigenvalue weighted by molar-refractivity contribution is -0.142. The molecule has 6 heteroatoms. The summed E-state index contributed by atoms with van der Waals surface area (Å²) in [6.45, 7) is 0. The van der Waals surface area contributed by atoms with E-state index in [4.69, 9.17) is 0 Å². The number of halogens is 2. The first kappa shape index (κ1) is 21.5. The Labute approximate surface area is 173 Å². The predicted molar refractivity (Wildman–Crippen MR) is 111 cm³/mol. The normalized spacial score (nSPS) is 14.0. The number of benzene rings is 3. The van der Waals surface area contributed by atoms with Crippen molar-refractivity contribution in [3.63, 3.8) is 0 Å². The number of nitrogens with one attached hydrogen (secondary N) is 1. The molecule has 0 bridgehead atoms. The van der Waals surface area contributed by atoms with Crippen LogP contribution in [0.2, 0.25) is 0 Å². The summed E-state index contributed by atoms with van der Waals surface area (Å²) in [7, 11) is 0. The van der Waals surface area contributed by atoms with E-state index in [0.29, 0.717) is 11.3 Å². The third kappa shape index (κ3) is 5.64. The van der Waals surface area contributed by atoms with Crippen molar-refractivity contribution in [3.05, 3.63) is 102 Å². The van der Waals surface area contributed by atoms with Gasteiger partial charge in [0.15, 0.2) is 0 Å². The van der Waals surface area contributed by atoms with Crippen molar-refractivity contribution < 1.29 is 23.8 Å². The Morgan fingerprint density at radius 2 is 1.37 bits per heavy atom. The highest BCUT2D eigenvalue weighted by molar-refractivity contribution is 5.72. The van der Waals surface area contributed by atoms with Gasteiger partial charge in [-0.25, -0.2) is 8.78 Å². The molecule has 0 aliphatic heterocycles. The van der Waals surface area contributed by atoms with Crippen LogP contribution in [-0.2, 0) is 4.79 Å². The summed E-state index contributed by atoms with van der Waals surface area (Å²) in [5, 5.41) is 23.5. The molecule has 3 rings (SSSR count). The van der Waals surface area contributed by atoms with E-state index in [1.165, 1.54) is 36.4 Å². The third-order valence-corrected chi connectivity index (χ3v) is 5.05. The third-order valence-electron chi connectivity index (χ3n) is 5.05. The van der Waals surface area contributed by atoms with Crippen LogP contribution in [0.4, 0.5) is 14.5 Å². The van der Waals surface area contributed by atoms with Crippen molar-refractivity contribution in [2.45, 2.75) is 25.0 Å². The van der Waals surface area contributed by atoms with Gasteiger partial charge in [0, 0.05) is 5.69 Å².